The number of allylic oxidation sites excluding steroid dienone is 3. The van der Waals surface area contributed by atoms with E-state index in [1.165, 1.54) is 11.8 Å². The molecule has 2 rings (SSSR count). The summed E-state index contributed by atoms with van der Waals surface area (Å²) in [7, 11) is 0. The Labute approximate surface area is 115 Å². The van der Waals surface area contributed by atoms with Crippen LogP contribution in [0.2, 0.25) is 0 Å². The zero-order chi connectivity index (χ0) is 13.1. The molecule has 2 aliphatic rings. The fourth-order valence-corrected chi connectivity index (χ4v) is 3.29. The largest absolute Gasteiger partial charge is 0.480 e. The molecule has 0 aromatic carbocycles. The molecule has 1 saturated heterocycles. The molecule has 6 heteroatoms. The number of carboxylic acids is 1. The number of carbonyl (C=O) groups excluding carboxylic acids is 1. The van der Waals surface area contributed by atoms with Crippen LogP contribution in [-0.4, -0.2) is 32.7 Å². The average molecular weight is 283 g/mol. The van der Waals surface area contributed by atoms with Gasteiger partial charge in [-0.1, -0.05) is 42.2 Å². The molecule has 0 radical (unpaired) electrons. The van der Waals surface area contributed by atoms with Crippen molar-refractivity contribution in [2.24, 2.45) is 5.92 Å². The number of carbonyl (C=O) groups is 2. The van der Waals surface area contributed by atoms with Gasteiger partial charge in [0.2, 0.25) is 0 Å². The molecular formula is C12H13NO3S2. The summed E-state index contributed by atoms with van der Waals surface area (Å²) in [4.78, 5) is 24.4. The van der Waals surface area contributed by atoms with Crippen LogP contribution >= 0.6 is 24.0 Å². The van der Waals surface area contributed by atoms with E-state index in [-0.39, 0.29) is 12.5 Å². The molecule has 0 spiro atoms. The summed E-state index contributed by atoms with van der Waals surface area (Å²) in [5, 5.41) is 8.73. The van der Waals surface area contributed by atoms with Gasteiger partial charge in [-0.2, -0.15) is 0 Å². The predicted octanol–water partition coefficient (Wildman–Crippen LogP) is 2.17. The lowest BCUT2D eigenvalue weighted by molar-refractivity contribution is -0.140. The Hall–Kier alpha value is -1.14. The fourth-order valence-electron chi connectivity index (χ4n) is 1.97. The molecule has 96 valence electrons. The number of carboxylic acid groups (broad SMARTS) is 1. The smallest absolute Gasteiger partial charge is 0.323 e. The first-order valence-electron chi connectivity index (χ1n) is 5.70. The van der Waals surface area contributed by atoms with Gasteiger partial charge in [-0.05, 0) is 25.2 Å². The highest BCUT2D eigenvalue weighted by atomic mass is 32.2. The van der Waals surface area contributed by atoms with E-state index < -0.39 is 5.97 Å². The van der Waals surface area contributed by atoms with E-state index >= 15 is 0 Å². The van der Waals surface area contributed by atoms with Gasteiger partial charge in [0, 0.05) is 0 Å². The maximum atomic E-state index is 12.0. The van der Waals surface area contributed by atoms with Crippen LogP contribution in [0.25, 0.3) is 0 Å². The quantitative estimate of drug-likeness (QED) is 0.489. The second-order valence-electron chi connectivity index (χ2n) is 4.23. The molecule has 1 aliphatic heterocycles. The molecule has 18 heavy (non-hydrogen) atoms. The second-order valence-corrected chi connectivity index (χ2v) is 5.90. The van der Waals surface area contributed by atoms with Gasteiger partial charge in [-0.15, -0.1) is 0 Å². The van der Waals surface area contributed by atoms with Crippen LogP contribution in [0.3, 0.4) is 0 Å². The Morgan fingerprint density at radius 3 is 3.00 bits per heavy atom. The number of hydrogen-bond acceptors (Lipinski definition) is 4. The van der Waals surface area contributed by atoms with Gasteiger partial charge in [0.05, 0.1) is 4.91 Å². The summed E-state index contributed by atoms with van der Waals surface area (Å²) in [6.07, 6.45) is 9.17. The number of rotatable bonds is 3. The van der Waals surface area contributed by atoms with E-state index in [1.54, 1.807) is 0 Å². The number of amides is 1. The van der Waals surface area contributed by atoms with Crippen molar-refractivity contribution < 1.29 is 14.7 Å². The second kappa shape index (κ2) is 5.67. The standard InChI is InChI=1S/C12H13NO3S2/c14-10(15)7-13-11(16)9(18-12(13)17)6-8-4-2-1-3-5-8/h1-2,6,8H,3-5,7H2,(H,14,15)/b9-6-. The van der Waals surface area contributed by atoms with Crippen molar-refractivity contribution in [2.45, 2.75) is 19.3 Å². The lowest BCUT2D eigenvalue weighted by Gasteiger charge is -2.14. The SMILES string of the molecule is O=C(O)CN1C(=O)/C(=C/C2CC=CCC2)SC1=S. The Kier molecular flexibility index (Phi) is 4.19. The normalized spacial score (nSPS) is 26.1. The van der Waals surface area contributed by atoms with E-state index in [2.05, 4.69) is 12.2 Å². The molecule has 4 nitrogen and oxygen atoms in total. The summed E-state index contributed by atoms with van der Waals surface area (Å²) in [5.41, 5.74) is 0. The van der Waals surface area contributed by atoms with Gasteiger partial charge < -0.3 is 5.11 Å². The predicted molar refractivity (Wildman–Crippen MR) is 74.1 cm³/mol. The Balaban J connectivity index is 2.09. The van der Waals surface area contributed by atoms with Crippen LogP contribution in [0.4, 0.5) is 0 Å². The number of nitrogens with zero attached hydrogens (tertiary/aromatic N) is 1. The van der Waals surface area contributed by atoms with E-state index in [4.69, 9.17) is 17.3 Å². The molecule has 1 aliphatic carbocycles. The fraction of sp³-hybridized carbons (Fsp3) is 0.417. The van der Waals surface area contributed by atoms with Crippen LogP contribution < -0.4 is 0 Å². The topological polar surface area (TPSA) is 57.6 Å². The summed E-state index contributed by atoms with van der Waals surface area (Å²) in [6.45, 7) is -0.355. The Bertz CT molecular complexity index is 456. The number of hydrogen-bond donors (Lipinski definition) is 1. The van der Waals surface area contributed by atoms with Gasteiger partial charge in [-0.3, -0.25) is 14.5 Å². The number of thiocarbonyl (C=S) groups is 1. The molecule has 1 unspecified atom stereocenters. The van der Waals surface area contributed by atoms with Gasteiger partial charge in [0.1, 0.15) is 10.9 Å². The van der Waals surface area contributed by atoms with Crippen molar-refractivity contribution in [1.82, 2.24) is 4.90 Å². The molecule has 1 amide bonds. The van der Waals surface area contributed by atoms with Crippen LogP contribution in [0.5, 0.6) is 0 Å². The first-order valence-corrected chi connectivity index (χ1v) is 6.92. The van der Waals surface area contributed by atoms with Gasteiger partial charge >= 0.3 is 5.97 Å². The minimum atomic E-state index is -1.05. The van der Waals surface area contributed by atoms with Gasteiger partial charge in [0.15, 0.2) is 0 Å². The van der Waals surface area contributed by atoms with Crippen LogP contribution in [0.1, 0.15) is 19.3 Å². The number of thioether (sulfide) groups is 1. The summed E-state index contributed by atoms with van der Waals surface area (Å²) < 4.78 is 0.333. The van der Waals surface area contributed by atoms with E-state index in [1.807, 2.05) is 6.08 Å². The molecule has 1 N–H and O–H groups in total. The molecule has 0 saturated carbocycles. The molecular weight excluding hydrogens is 270 g/mol. The first kappa shape index (κ1) is 13.3. The van der Waals surface area contributed by atoms with Gasteiger partial charge in [-0.25, -0.2) is 0 Å². The molecule has 0 bridgehead atoms. The third-order valence-corrected chi connectivity index (χ3v) is 4.26. The average Bonchev–Trinajstić information content (AvgIpc) is 2.58. The third-order valence-electron chi connectivity index (χ3n) is 2.86. The highest BCUT2D eigenvalue weighted by molar-refractivity contribution is 8.26. The third kappa shape index (κ3) is 3.00. The zero-order valence-corrected chi connectivity index (χ0v) is 11.3. The highest BCUT2D eigenvalue weighted by Gasteiger charge is 2.33. The van der Waals surface area contributed by atoms with Crippen LogP contribution in [0, 0.1) is 5.92 Å². The van der Waals surface area contributed by atoms with E-state index in [0.29, 0.717) is 15.1 Å². The zero-order valence-electron chi connectivity index (χ0n) is 9.67. The molecule has 0 aromatic heterocycles. The van der Waals surface area contributed by atoms with Crippen LogP contribution in [-0.2, 0) is 9.59 Å². The summed E-state index contributed by atoms with van der Waals surface area (Å²) in [6, 6.07) is 0. The number of aliphatic carboxylic acids is 1. The van der Waals surface area contributed by atoms with Crippen molar-refractivity contribution >= 4 is 40.2 Å². The molecule has 1 atom stereocenters. The molecule has 1 fully saturated rings. The minimum Gasteiger partial charge on any atom is -0.480 e. The monoisotopic (exact) mass is 283 g/mol. The van der Waals surface area contributed by atoms with Gasteiger partial charge in [0.25, 0.3) is 5.91 Å². The van der Waals surface area contributed by atoms with Crippen molar-refractivity contribution in [3.63, 3.8) is 0 Å². The maximum Gasteiger partial charge on any atom is 0.323 e. The molecule has 0 aromatic rings. The first-order chi connectivity index (χ1) is 8.58. The summed E-state index contributed by atoms with van der Waals surface area (Å²) in [5.74, 6) is -0.968. The minimum absolute atomic E-state index is 0.276. The van der Waals surface area contributed by atoms with Crippen molar-refractivity contribution in [2.75, 3.05) is 6.54 Å². The Morgan fingerprint density at radius 1 is 1.61 bits per heavy atom. The highest BCUT2D eigenvalue weighted by Crippen LogP contribution is 2.33. The summed E-state index contributed by atoms with van der Waals surface area (Å²) >= 11 is 6.23. The lowest BCUT2D eigenvalue weighted by atomic mass is 9.94. The van der Waals surface area contributed by atoms with Crippen molar-refractivity contribution in [3.05, 3.63) is 23.1 Å². The Morgan fingerprint density at radius 2 is 2.39 bits per heavy atom. The van der Waals surface area contributed by atoms with E-state index in [9.17, 15) is 9.59 Å². The van der Waals surface area contributed by atoms with Crippen molar-refractivity contribution in [1.29, 1.82) is 0 Å². The van der Waals surface area contributed by atoms with Crippen LogP contribution in [0.15, 0.2) is 23.1 Å². The maximum absolute atomic E-state index is 12.0. The van der Waals surface area contributed by atoms with Crippen molar-refractivity contribution in [3.8, 4) is 0 Å². The molecule has 1 heterocycles. The lowest BCUT2D eigenvalue weighted by Crippen LogP contribution is -2.33. The van der Waals surface area contributed by atoms with E-state index in [0.717, 1.165) is 24.2 Å².